The van der Waals surface area contributed by atoms with Gasteiger partial charge in [-0.1, -0.05) is 29.4 Å². The highest BCUT2D eigenvalue weighted by Gasteiger charge is 2.07. The molecule has 0 bridgehead atoms. The number of nitro groups is 1. The minimum Gasteiger partial charge on any atom is -0.391 e. The minimum atomic E-state index is -0.427. The van der Waals surface area contributed by atoms with E-state index in [2.05, 4.69) is 31.1 Å². The molecular weight excluding hydrogens is 330 g/mol. The van der Waals surface area contributed by atoms with Gasteiger partial charge in [-0.3, -0.25) is 10.1 Å². The molecule has 0 saturated heterocycles. The molecule has 0 radical (unpaired) electrons. The van der Waals surface area contributed by atoms with Gasteiger partial charge in [0.15, 0.2) is 0 Å². The van der Waals surface area contributed by atoms with Crippen LogP contribution >= 0.6 is 0 Å². The summed E-state index contributed by atoms with van der Waals surface area (Å²) in [6.07, 6.45) is 3.61. The third-order valence-corrected chi connectivity index (χ3v) is 4.23. The van der Waals surface area contributed by atoms with Crippen LogP contribution in [0.15, 0.2) is 65.9 Å². The van der Waals surface area contributed by atoms with Crippen LogP contribution in [0.25, 0.3) is 5.69 Å². The Morgan fingerprint density at radius 1 is 1.15 bits per heavy atom. The highest BCUT2D eigenvalue weighted by Crippen LogP contribution is 2.19. The fraction of sp³-hybridized carbons (Fsp3) is 0.150. The molecule has 1 heterocycles. The lowest BCUT2D eigenvalue weighted by Crippen LogP contribution is -2.01. The number of aryl methyl sites for hydroxylation is 1. The molecule has 0 atom stereocenters. The second-order valence-electron chi connectivity index (χ2n) is 5.96. The molecule has 6 nitrogen and oxygen atoms in total. The van der Waals surface area contributed by atoms with Crippen molar-refractivity contribution < 1.29 is 9.76 Å². The van der Waals surface area contributed by atoms with E-state index in [-0.39, 0.29) is 12.3 Å². The van der Waals surface area contributed by atoms with Gasteiger partial charge in [-0.25, -0.2) is 0 Å². The zero-order chi connectivity index (χ0) is 18.5. The van der Waals surface area contributed by atoms with Gasteiger partial charge in [-0.2, -0.15) is 0 Å². The van der Waals surface area contributed by atoms with Crippen molar-refractivity contribution in [3.8, 4) is 5.69 Å². The molecule has 0 spiro atoms. The quantitative estimate of drug-likeness (QED) is 0.372. The van der Waals surface area contributed by atoms with Crippen molar-refractivity contribution in [3.05, 3.63) is 93.3 Å². The zero-order valence-corrected chi connectivity index (χ0v) is 14.6. The fourth-order valence-corrected chi connectivity index (χ4v) is 2.68. The van der Waals surface area contributed by atoms with Crippen LogP contribution in [0.4, 0.5) is 5.69 Å². The number of hydrogen-bond donors (Lipinski definition) is 0. The van der Waals surface area contributed by atoms with Gasteiger partial charge in [0.2, 0.25) is 0 Å². The summed E-state index contributed by atoms with van der Waals surface area (Å²) >= 11 is 0. The van der Waals surface area contributed by atoms with Gasteiger partial charge in [-0.15, -0.1) is 0 Å². The summed E-state index contributed by atoms with van der Waals surface area (Å²) in [5.41, 5.74) is 5.14. The van der Waals surface area contributed by atoms with E-state index < -0.39 is 4.92 Å². The Balaban J connectivity index is 1.71. The topological polar surface area (TPSA) is 69.7 Å². The van der Waals surface area contributed by atoms with E-state index in [1.54, 1.807) is 18.3 Å². The fourth-order valence-electron chi connectivity index (χ4n) is 2.68. The van der Waals surface area contributed by atoms with Crippen molar-refractivity contribution in [2.45, 2.75) is 20.5 Å². The van der Waals surface area contributed by atoms with Crippen molar-refractivity contribution in [3.63, 3.8) is 0 Å². The maximum atomic E-state index is 10.8. The molecule has 132 valence electrons. The Bertz CT molecular complexity index is 960. The molecular formula is C20H19N3O3. The van der Waals surface area contributed by atoms with Gasteiger partial charge >= 0.3 is 0 Å². The number of aromatic nitrogens is 1. The van der Waals surface area contributed by atoms with Crippen LogP contribution in [0.3, 0.4) is 0 Å². The Hall–Kier alpha value is -3.41. The Kier molecular flexibility index (Phi) is 5.12. The first kappa shape index (κ1) is 17.4. The second-order valence-corrected chi connectivity index (χ2v) is 5.96. The number of oxime groups is 1. The first-order chi connectivity index (χ1) is 12.6. The smallest absolute Gasteiger partial charge is 0.269 e. The predicted octanol–water partition coefficient (Wildman–Crippen LogP) is 4.55. The summed E-state index contributed by atoms with van der Waals surface area (Å²) in [7, 11) is 0. The van der Waals surface area contributed by atoms with Gasteiger partial charge < -0.3 is 9.40 Å². The average molecular weight is 349 g/mol. The third-order valence-electron chi connectivity index (χ3n) is 4.23. The van der Waals surface area contributed by atoms with E-state index in [0.29, 0.717) is 5.56 Å². The lowest BCUT2D eigenvalue weighted by atomic mass is 10.1. The maximum absolute atomic E-state index is 10.8. The van der Waals surface area contributed by atoms with Crippen LogP contribution in [0.2, 0.25) is 0 Å². The first-order valence-electron chi connectivity index (χ1n) is 8.19. The van der Waals surface area contributed by atoms with Crippen molar-refractivity contribution in [2.75, 3.05) is 0 Å². The predicted molar refractivity (Wildman–Crippen MR) is 101 cm³/mol. The SMILES string of the molecule is Cc1cccc(-n2cccc2/C=N\OCc2cccc([N+](=O)[O-])c2)c1C. The standard InChI is InChI=1S/C20H19N3O3/c1-15-6-3-10-20(16(15)2)22-11-5-9-19(22)13-21-26-14-17-7-4-8-18(12-17)23(24)25/h3-13H,14H2,1-2H3/b21-13-. The molecule has 1 aromatic heterocycles. The Morgan fingerprint density at radius 3 is 2.77 bits per heavy atom. The number of non-ortho nitro benzene ring substituents is 1. The molecule has 26 heavy (non-hydrogen) atoms. The summed E-state index contributed by atoms with van der Waals surface area (Å²) in [4.78, 5) is 15.7. The molecule has 6 heteroatoms. The van der Waals surface area contributed by atoms with Crippen LogP contribution in [0.5, 0.6) is 0 Å². The molecule has 0 fully saturated rings. The summed E-state index contributed by atoms with van der Waals surface area (Å²) in [5.74, 6) is 0. The van der Waals surface area contributed by atoms with Gasteiger partial charge in [0.1, 0.15) is 6.61 Å². The molecule has 0 aliphatic rings. The van der Waals surface area contributed by atoms with Crippen LogP contribution in [-0.2, 0) is 11.4 Å². The highest BCUT2D eigenvalue weighted by atomic mass is 16.6. The normalized spacial score (nSPS) is 11.0. The highest BCUT2D eigenvalue weighted by molar-refractivity contribution is 5.78. The molecule has 0 aliphatic carbocycles. The van der Waals surface area contributed by atoms with E-state index in [0.717, 1.165) is 11.4 Å². The Labute approximate surface area is 151 Å². The summed E-state index contributed by atoms with van der Waals surface area (Å²) < 4.78 is 2.04. The summed E-state index contributed by atoms with van der Waals surface area (Å²) in [6, 6.07) is 16.4. The third kappa shape index (κ3) is 3.80. The van der Waals surface area contributed by atoms with E-state index in [1.165, 1.54) is 23.3 Å². The van der Waals surface area contributed by atoms with Gasteiger partial charge in [0.05, 0.1) is 16.8 Å². The van der Waals surface area contributed by atoms with E-state index in [4.69, 9.17) is 4.84 Å². The van der Waals surface area contributed by atoms with Crippen LogP contribution in [0.1, 0.15) is 22.4 Å². The van der Waals surface area contributed by atoms with E-state index >= 15 is 0 Å². The van der Waals surface area contributed by atoms with Crippen molar-refractivity contribution in [1.82, 2.24) is 4.57 Å². The number of nitro benzene ring substituents is 1. The molecule has 0 amide bonds. The molecule has 0 aliphatic heterocycles. The molecule has 3 aromatic rings. The monoisotopic (exact) mass is 349 g/mol. The van der Waals surface area contributed by atoms with Gasteiger partial charge in [-0.05, 0) is 48.7 Å². The first-order valence-corrected chi connectivity index (χ1v) is 8.19. The number of rotatable bonds is 6. The van der Waals surface area contributed by atoms with Crippen molar-refractivity contribution in [1.29, 1.82) is 0 Å². The number of nitrogens with zero attached hydrogens (tertiary/aromatic N) is 3. The summed E-state index contributed by atoms with van der Waals surface area (Å²) in [5, 5.41) is 14.8. The molecule has 0 unspecified atom stereocenters. The van der Waals surface area contributed by atoms with Crippen LogP contribution in [0, 0.1) is 24.0 Å². The lowest BCUT2D eigenvalue weighted by Gasteiger charge is -2.11. The molecule has 3 rings (SSSR count). The minimum absolute atomic E-state index is 0.0406. The van der Waals surface area contributed by atoms with E-state index in [9.17, 15) is 10.1 Å². The van der Waals surface area contributed by atoms with E-state index in [1.807, 2.05) is 29.0 Å². The van der Waals surface area contributed by atoms with Gasteiger partial charge in [0, 0.05) is 24.0 Å². The maximum Gasteiger partial charge on any atom is 0.269 e. The molecule has 0 N–H and O–H groups in total. The number of hydrogen-bond acceptors (Lipinski definition) is 4. The second kappa shape index (κ2) is 7.65. The lowest BCUT2D eigenvalue weighted by molar-refractivity contribution is -0.384. The van der Waals surface area contributed by atoms with Gasteiger partial charge in [0.25, 0.3) is 5.69 Å². The zero-order valence-electron chi connectivity index (χ0n) is 14.6. The average Bonchev–Trinajstić information content (AvgIpc) is 3.09. The van der Waals surface area contributed by atoms with Crippen molar-refractivity contribution >= 4 is 11.9 Å². The van der Waals surface area contributed by atoms with Crippen LogP contribution < -0.4 is 0 Å². The van der Waals surface area contributed by atoms with Crippen molar-refractivity contribution in [2.24, 2.45) is 5.16 Å². The van der Waals surface area contributed by atoms with Crippen LogP contribution in [-0.4, -0.2) is 15.7 Å². The Morgan fingerprint density at radius 2 is 1.96 bits per heavy atom. The molecule has 2 aromatic carbocycles. The molecule has 0 saturated carbocycles. The number of benzene rings is 2. The summed E-state index contributed by atoms with van der Waals surface area (Å²) in [6.45, 7) is 4.34. The largest absolute Gasteiger partial charge is 0.391 e.